The number of nitrogens with one attached hydrogen (secondary N) is 1. The van der Waals surface area contributed by atoms with E-state index in [1.807, 2.05) is 52.0 Å². The predicted octanol–water partition coefficient (Wildman–Crippen LogP) is 3.74. The van der Waals surface area contributed by atoms with Crippen LogP contribution < -0.4 is 5.32 Å². The summed E-state index contributed by atoms with van der Waals surface area (Å²) in [6.07, 6.45) is 0. The number of benzene rings is 1. The second kappa shape index (κ2) is 5.78. The van der Waals surface area contributed by atoms with Crippen LogP contribution in [-0.4, -0.2) is 16.7 Å². The molecular formula is C13H18ClNOS. The standard InChI is InChI=1S/C13H18ClNOS/c1-9(12(16)15-13(2,3)4)17-11-7-5-10(14)6-8-11/h5-9H,1-4H3,(H,15,16)/t9-/m0/s1. The van der Waals surface area contributed by atoms with Gasteiger partial charge in [-0.15, -0.1) is 11.8 Å². The molecule has 17 heavy (non-hydrogen) atoms. The quantitative estimate of drug-likeness (QED) is 0.849. The van der Waals surface area contributed by atoms with Crippen LogP contribution in [0.1, 0.15) is 27.7 Å². The second-order valence-electron chi connectivity index (χ2n) is 4.95. The highest BCUT2D eigenvalue weighted by atomic mass is 35.5. The number of halogens is 1. The average Bonchev–Trinajstić information content (AvgIpc) is 2.19. The van der Waals surface area contributed by atoms with Crippen LogP contribution in [0.15, 0.2) is 29.2 Å². The molecule has 0 fully saturated rings. The molecule has 0 saturated carbocycles. The molecule has 0 bridgehead atoms. The van der Waals surface area contributed by atoms with Crippen LogP contribution in [0.2, 0.25) is 5.02 Å². The van der Waals surface area contributed by atoms with Gasteiger partial charge in [0.15, 0.2) is 0 Å². The molecule has 0 aliphatic carbocycles. The van der Waals surface area contributed by atoms with Crippen molar-refractivity contribution in [2.75, 3.05) is 0 Å². The van der Waals surface area contributed by atoms with E-state index >= 15 is 0 Å². The third kappa shape index (κ3) is 5.46. The zero-order valence-corrected chi connectivity index (χ0v) is 12.2. The largest absolute Gasteiger partial charge is 0.351 e. The molecule has 1 aromatic carbocycles. The number of carbonyl (C=O) groups excluding carboxylic acids is 1. The lowest BCUT2D eigenvalue weighted by molar-refractivity contribution is -0.121. The number of rotatable bonds is 3. The molecule has 0 spiro atoms. The highest BCUT2D eigenvalue weighted by Gasteiger charge is 2.19. The van der Waals surface area contributed by atoms with Crippen LogP contribution in [0.4, 0.5) is 0 Å². The van der Waals surface area contributed by atoms with Gasteiger partial charge in [-0.2, -0.15) is 0 Å². The Balaban J connectivity index is 2.57. The van der Waals surface area contributed by atoms with Crippen molar-refractivity contribution < 1.29 is 4.79 Å². The molecule has 0 aromatic heterocycles. The van der Waals surface area contributed by atoms with Gasteiger partial charge in [0, 0.05) is 15.5 Å². The molecule has 1 amide bonds. The first-order valence-corrected chi connectivity index (χ1v) is 6.78. The fourth-order valence-electron chi connectivity index (χ4n) is 1.24. The van der Waals surface area contributed by atoms with Crippen LogP contribution >= 0.6 is 23.4 Å². The zero-order valence-electron chi connectivity index (χ0n) is 10.6. The number of amides is 1. The summed E-state index contributed by atoms with van der Waals surface area (Å²) in [5.74, 6) is 0.0532. The van der Waals surface area contributed by atoms with Gasteiger partial charge in [-0.1, -0.05) is 11.6 Å². The van der Waals surface area contributed by atoms with Crippen molar-refractivity contribution in [2.45, 2.75) is 43.4 Å². The Labute approximate surface area is 112 Å². The van der Waals surface area contributed by atoms with Gasteiger partial charge < -0.3 is 5.32 Å². The summed E-state index contributed by atoms with van der Waals surface area (Å²) in [5, 5.41) is 3.56. The van der Waals surface area contributed by atoms with Gasteiger partial charge in [-0.3, -0.25) is 4.79 Å². The molecule has 0 unspecified atom stereocenters. The van der Waals surface area contributed by atoms with Crippen LogP contribution in [-0.2, 0) is 4.79 Å². The first-order valence-electron chi connectivity index (χ1n) is 5.52. The van der Waals surface area contributed by atoms with Crippen molar-refractivity contribution in [3.63, 3.8) is 0 Å². The fourth-order valence-corrected chi connectivity index (χ4v) is 2.24. The monoisotopic (exact) mass is 271 g/mol. The van der Waals surface area contributed by atoms with E-state index in [0.717, 1.165) is 4.90 Å². The van der Waals surface area contributed by atoms with Gasteiger partial charge in [0.2, 0.25) is 5.91 Å². The minimum atomic E-state index is -0.189. The van der Waals surface area contributed by atoms with Crippen molar-refractivity contribution in [1.29, 1.82) is 0 Å². The Morgan fingerprint density at radius 2 is 1.82 bits per heavy atom. The van der Waals surface area contributed by atoms with E-state index in [0.29, 0.717) is 5.02 Å². The number of hydrogen-bond donors (Lipinski definition) is 1. The summed E-state index contributed by atoms with van der Waals surface area (Å²) in [6.45, 7) is 7.83. The molecular weight excluding hydrogens is 254 g/mol. The number of hydrogen-bond acceptors (Lipinski definition) is 2. The SMILES string of the molecule is C[C@H](Sc1ccc(Cl)cc1)C(=O)NC(C)(C)C. The molecule has 0 radical (unpaired) electrons. The minimum absolute atomic E-state index is 0.0532. The summed E-state index contributed by atoms with van der Waals surface area (Å²) in [5.41, 5.74) is -0.189. The Kier molecular flexibility index (Phi) is 4.90. The second-order valence-corrected chi connectivity index (χ2v) is 6.80. The van der Waals surface area contributed by atoms with Gasteiger partial charge in [0.05, 0.1) is 5.25 Å². The Hall–Kier alpha value is -0.670. The summed E-state index contributed by atoms with van der Waals surface area (Å²) >= 11 is 7.34. The van der Waals surface area contributed by atoms with E-state index in [4.69, 9.17) is 11.6 Å². The van der Waals surface area contributed by atoms with Crippen molar-refractivity contribution in [3.8, 4) is 0 Å². The van der Waals surface area contributed by atoms with Crippen LogP contribution in [0.25, 0.3) is 0 Å². The predicted molar refractivity (Wildman–Crippen MR) is 74.7 cm³/mol. The lowest BCUT2D eigenvalue weighted by Crippen LogP contribution is -2.44. The maximum Gasteiger partial charge on any atom is 0.233 e. The van der Waals surface area contributed by atoms with Crippen LogP contribution in [0.3, 0.4) is 0 Å². The smallest absolute Gasteiger partial charge is 0.233 e. The average molecular weight is 272 g/mol. The maximum absolute atomic E-state index is 11.9. The highest BCUT2D eigenvalue weighted by molar-refractivity contribution is 8.00. The van der Waals surface area contributed by atoms with E-state index in [1.54, 1.807) is 0 Å². The Morgan fingerprint density at radius 1 is 1.29 bits per heavy atom. The Bertz CT molecular complexity index is 383. The molecule has 1 aromatic rings. The number of carbonyl (C=O) groups is 1. The van der Waals surface area contributed by atoms with Crippen molar-refractivity contribution in [3.05, 3.63) is 29.3 Å². The first kappa shape index (κ1) is 14.4. The molecule has 0 saturated heterocycles. The van der Waals surface area contributed by atoms with Gasteiger partial charge in [0.25, 0.3) is 0 Å². The van der Waals surface area contributed by atoms with Crippen LogP contribution in [0.5, 0.6) is 0 Å². The molecule has 0 heterocycles. The molecule has 4 heteroatoms. The van der Waals surface area contributed by atoms with Crippen molar-refractivity contribution in [2.24, 2.45) is 0 Å². The summed E-state index contributed by atoms with van der Waals surface area (Å²) < 4.78 is 0. The van der Waals surface area contributed by atoms with Gasteiger partial charge >= 0.3 is 0 Å². The summed E-state index contributed by atoms with van der Waals surface area (Å²) in [4.78, 5) is 12.9. The molecule has 2 nitrogen and oxygen atoms in total. The Morgan fingerprint density at radius 3 is 2.29 bits per heavy atom. The molecule has 0 aliphatic rings. The molecule has 1 N–H and O–H groups in total. The van der Waals surface area contributed by atoms with E-state index in [9.17, 15) is 4.79 Å². The third-order valence-electron chi connectivity index (χ3n) is 1.99. The lowest BCUT2D eigenvalue weighted by atomic mass is 10.1. The molecule has 94 valence electrons. The van der Waals surface area contributed by atoms with Gasteiger partial charge in [-0.05, 0) is 52.0 Å². The fraction of sp³-hybridized carbons (Fsp3) is 0.462. The highest BCUT2D eigenvalue weighted by Crippen LogP contribution is 2.25. The third-order valence-corrected chi connectivity index (χ3v) is 3.36. The zero-order chi connectivity index (χ0) is 13.1. The maximum atomic E-state index is 11.9. The normalized spacial score (nSPS) is 13.2. The van der Waals surface area contributed by atoms with Crippen molar-refractivity contribution >= 4 is 29.3 Å². The van der Waals surface area contributed by atoms with Gasteiger partial charge in [-0.25, -0.2) is 0 Å². The molecule has 1 rings (SSSR count). The van der Waals surface area contributed by atoms with E-state index in [-0.39, 0.29) is 16.7 Å². The van der Waals surface area contributed by atoms with E-state index < -0.39 is 0 Å². The number of thioether (sulfide) groups is 1. The topological polar surface area (TPSA) is 29.1 Å². The minimum Gasteiger partial charge on any atom is -0.351 e. The van der Waals surface area contributed by atoms with Crippen molar-refractivity contribution in [1.82, 2.24) is 5.32 Å². The summed E-state index contributed by atoms with van der Waals surface area (Å²) in [7, 11) is 0. The van der Waals surface area contributed by atoms with Gasteiger partial charge in [0.1, 0.15) is 0 Å². The van der Waals surface area contributed by atoms with E-state index in [1.165, 1.54) is 11.8 Å². The summed E-state index contributed by atoms with van der Waals surface area (Å²) in [6, 6.07) is 7.51. The van der Waals surface area contributed by atoms with E-state index in [2.05, 4.69) is 5.32 Å². The first-order chi connectivity index (χ1) is 7.78. The van der Waals surface area contributed by atoms with Crippen LogP contribution in [0, 0.1) is 0 Å². The molecule has 0 aliphatic heterocycles. The molecule has 1 atom stereocenters. The lowest BCUT2D eigenvalue weighted by Gasteiger charge is -2.23.